The van der Waals surface area contributed by atoms with Crippen LogP contribution in [0.25, 0.3) is 11.4 Å². The van der Waals surface area contributed by atoms with Gasteiger partial charge in [-0.05, 0) is 64.1 Å². The molecular formula is C23H28ClN5OS. The predicted octanol–water partition coefficient (Wildman–Crippen LogP) is 5.58. The van der Waals surface area contributed by atoms with Crippen LogP contribution in [0.15, 0.2) is 53.7 Å². The third-order valence-corrected chi connectivity index (χ3v) is 6.48. The molecular weight excluding hydrogens is 430 g/mol. The van der Waals surface area contributed by atoms with Gasteiger partial charge in [0.1, 0.15) is 0 Å². The molecule has 0 fully saturated rings. The van der Waals surface area contributed by atoms with Gasteiger partial charge in [-0.1, -0.05) is 35.5 Å². The Bertz CT molecular complexity index is 1020. The van der Waals surface area contributed by atoms with Gasteiger partial charge in [-0.3, -0.25) is 4.79 Å². The quantitative estimate of drug-likeness (QED) is 0.424. The van der Waals surface area contributed by atoms with E-state index < -0.39 is 0 Å². The Morgan fingerprint density at radius 1 is 1.10 bits per heavy atom. The zero-order valence-electron chi connectivity index (χ0n) is 18.3. The Labute approximate surface area is 193 Å². The molecule has 1 atom stereocenters. The average molecular weight is 458 g/mol. The van der Waals surface area contributed by atoms with Crippen LogP contribution in [0.3, 0.4) is 0 Å². The number of para-hydroxylation sites is 1. The first kappa shape index (κ1) is 23.2. The Kier molecular flexibility index (Phi) is 7.98. The number of carbonyl (C=O) groups is 1. The molecule has 0 spiro atoms. The topological polar surface area (TPSA) is 63.1 Å². The number of anilines is 2. The Hall–Kier alpha value is -2.51. The molecule has 1 heterocycles. The first-order chi connectivity index (χ1) is 15.0. The molecule has 0 radical (unpaired) electrons. The predicted molar refractivity (Wildman–Crippen MR) is 130 cm³/mol. The van der Waals surface area contributed by atoms with E-state index in [0.717, 1.165) is 24.5 Å². The Balaban J connectivity index is 1.75. The van der Waals surface area contributed by atoms with Crippen LogP contribution in [0.5, 0.6) is 0 Å². The molecule has 8 heteroatoms. The number of nitrogens with one attached hydrogen (secondary N) is 1. The fourth-order valence-electron chi connectivity index (χ4n) is 3.29. The van der Waals surface area contributed by atoms with Gasteiger partial charge >= 0.3 is 0 Å². The maximum absolute atomic E-state index is 12.7. The van der Waals surface area contributed by atoms with Gasteiger partial charge in [0.05, 0.1) is 16.0 Å². The molecule has 1 unspecified atom stereocenters. The molecule has 2 aromatic carbocycles. The minimum Gasteiger partial charge on any atom is -0.372 e. The normalized spacial score (nSPS) is 11.9. The van der Waals surface area contributed by atoms with Crippen LogP contribution >= 0.6 is 23.4 Å². The smallest absolute Gasteiger partial charge is 0.237 e. The van der Waals surface area contributed by atoms with Gasteiger partial charge in [-0.2, -0.15) is 0 Å². The van der Waals surface area contributed by atoms with E-state index in [1.54, 1.807) is 12.1 Å². The zero-order valence-corrected chi connectivity index (χ0v) is 19.9. The lowest BCUT2D eigenvalue weighted by molar-refractivity contribution is -0.115. The Morgan fingerprint density at radius 2 is 1.77 bits per heavy atom. The van der Waals surface area contributed by atoms with Crippen molar-refractivity contribution in [3.05, 3.63) is 53.6 Å². The number of benzene rings is 2. The molecule has 1 amide bonds. The van der Waals surface area contributed by atoms with E-state index in [-0.39, 0.29) is 11.2 Å². The molecule has 0 saturated carbocycles. The fourth-order valence-corrected chi connectivity index (χ4v) is 4.39. The SMILES string of the molecule is CCN(CC)c1ccc(-c2nnc(SC(C)C(=O)Nc3ccccc3Cl)n2CC)cc1. The van der Waals surface area contributed by atoms with Gasteiger partial charge in [0, 0.05) is 30.9 Å². The molecule has 1 aromatic heterocycles. The summed E-state index contributed by atoms with van der Waals surface area (Å²) >= 11 is 7.53. The molecule has 0 aliphatic heterocycles. The van der Waals surface area contributed by atoms with E-state index in [9.17, 15) is 4.79 Å². The lowest BCUT2D eigenvalue weighted by Gasteiger charge is -2.21. The number of amides is 1. The fraction of sp³-hybridized carbons (Fsp3) is 0.348. The largest absolute Gasteiger partial charge is 0.372 e. The highest BCUT2D eigenvalue weighted by atomic mass is 35.5. The maximum Gasteiger partial charge on any atom is 0.237 e. The number of hydrogen-bond donors (Lipinski definition) is 1. The average Bonchev–Trinajstić information content (AvgIpc) is 3.19. The molecule has 164 valence electrons. The standard InChI is InChI=1S/C23H28ClN5OS/c1-5-28(6-2)18-14-12-17(13-15-18)21-26-27-23(29(21)7-3)31-16(4)22(30)25-20-11-9-8-10-19(20)24/h8-16H,5-7H2,1-4H3,(H,25,30). The van der Waals surface area contributed by atoms with Crippen LogP contribution in [0.4, 0.5) is 11.4 Å². The van der Waals surface area contributed by atoms with Crippen molar-refractivity contribution in [1.82, 2.24) is 14.8 Å². The zero-order chi connectivity index (χ0) is 22.4. The molecule has 31 heavy (non-hydrogen) atoms. The van der Waals surface area contributed by atoms with Crippen molar-refractivity contribution in [3.8, 4) is 11.4 Å². The molecule has 3 aromatic rings. The monoisotopic (exact) mass is 457 g/mol. The second-order valence-electron chi connectivity index (χ2n) is 7.00. The Morgan fingerprint density at radius 3 is 2.39 bits per heavy atom. The summed E-state index contributed by atoms with van der Waals surface area (Å²) in [6.07, 6.45) is 0. The van der Waals surface area contributed by atoms with Crippen molar-refractivity contribution < 1.29 is 4.79 Å². The van der Waals surface area contributed by atoms with E-state index in [1.807, 2.05) is 23.6 Å². The summed E-state index contributed by atoms with van der Waals surface area (Å²) in [7, 11) is 0. The van der Waals surface area contributed by atoms with Crippen LogP contribution in [0, 0.1) is 0 Å². The first-order valence-electron chi connectivity index (χ1n) is 10.5. The molecule has 3 rings (SSSR count). The highest BCUT2D eigenvalue weighted by molar-refractivity contribution is 8.00. The molecule has 0 bridgehead atoms. The maximum atomic E-state index is 12.7. The van der Waals surface area contributed by atoms with Crippen LogP contribution < -0.4 is 10.2 Å². The lowest BCUT2D eigenvalue weighted by atomic mass is 10.2. The first-order valence-corrected chi connectivity index (χ1v) is 11.7. The summed E-state index contributed by atoms with van der Waals surface area (Å²) in [4.78, 5) is 15.0. The third-order valence-electron chi connectivity index (χ3n) is 5.07. The third kappa shape index (κ3) is 5.40. The van der Waals surface area contributed by atoms with E-state index in [2.05, 4.69) is 65.5 Å². The summed E-state index contributed by atoms with van der Waals surface area (Å²) in [5.41, 5.74) is 2.80. The van der Waals surface area contributed by atoms with Crippen molar-refractivity contribution in [1.29, 1.82) is 0 Å². The van der Waals surface area contributed by atoms with Gasteiger partial charge in [0.15, 0.2) is 11.0 Å². The highest BCUT2D eigenvalue weighted by Gasteiger charge is 2.21. The summed E-state index contributed by atoms with van der Waals surface area (Å²) in [6.45, 7) is 10.8. The van der Waals surface area contributed by atoms with Gasteiger partial charge < -0.3 is 14.8 Å². The van der Waals surface area contributed by atoms with Crippen LogP contribution in [-0.4, -0.2) is 39.0 Å². The van der Waals surface area contributed by atoms with Crippen LogP contribution in [-0.2, 0) is 11.3 Å². The highest BCUT2D eigenvalue weighted by Crippen LogP contribution is 2.29. The van der Waals surface area contributed by atoms with Gasteiger partial charge in [-0.15, -0.1) is 10.2 Å². The number of carbonyl (C=O) groups excluding carboxylic acids is 1. The molecule has 0 saturated heterocycles. The van der Waals surface area contributed by atoms with E-state index in [1.165, 1.54) is 17.4 Å². The molecule has 0 aliphatic rings. The lowest BCUT2D eigenvalue weighted by Crippen LogP contribution is -2.23. The van der Waals surface area contributed by atoms with Crippen molar-refractivity contribution in [2.24, 2.45) is 0 Å². The number of halogens is 1. The van der Waals surface area contributed by atoms with E-state index in [4.69, 9.17) is 11.6 Å². The number of aromatic nitrogens is 3. The molecule has 0 aliphatic carbocycles. The van der Waals surface area contributed by atoms with Crippen molar-refractivity contribution in [2.75, 3.05) is 23.3 Å². The van der Waals surface area contributed by atoms with Crippen molar-refractivity contribution >= 4 is 40.6 Å². The summed E-state index contributed by atoms with van der Waals surface area (Å²) in [6, 6.07) is 15.6. The number of nitrogens with zero attached hydrogens (tertiary/aromatic N) is 4. The van der Waals surface area contributed by atoms with Gasteiger partial charge in [-0.25, -0.2) is 0 Å². The number of rotatable bonds is 9. The summed E-state index contributed by atoms with van der Waals surface area (Å²) < 4.78 is 2.04. The van der Waals surface area contributed by atoms with Gasteiger partial charge in [0.2, 0.25) is 5.91 Å². The second-order valence-corrected chi connectivity index (χ2v) is 8.71. The minimum atomic E-state index is -0.358. The number of thioether (sulfide) groups is 1. The van der Waals surface area contributed by atoms with E-state index in [0.29, 0.717) is 22.4 Å². The summed E-state index contributed by atoms with van der Waals surface area (Å²) in [5.74, 6) is 0.670. The minimum absolute atomic E-state index is 0.131. The van der Waals surface area contributed by atoms with Crippen molar-refractivity contribution in [2.45, 2.75) is 44.6 Å². The molecule has 1 N–H and O–H groups in total. The second kappa shape index (κ2) is 10.7. The van der Waals surface area contributed by atoms with Crippen molar-refractivity contribution in [3.63, 3.8) is 0 Å². The van der Waals surface area contributed by atoms with Crippen LogP contribution in [0.1, 0.15) is 27.7 Å². The van der Waals surface area contributed by atoms with E-state index >= 15 is 0 Å². The number of hydrogen-bond acceptors (Lipinski definition) is 5. The molecule has 6 nitrogen and oxygen atoms in total. The van der Waals surface area contributed by atoms with Crippen LogP contribution in [0.2, 0.25) is 5.02 Å². The summed E-state index contributed by atoms with van der Waals surface area (Å²) in [5, 5.41) is 12.5. The van der Waals surface area contributed by atoms with Gasteiger partial charge in [0.25, 0.3) is 0 Å².